The Morgan fingerprint density at radius 2 is 1.81 bits per heavy atom. The summed E-state index contributed by atoms with van der Waals surface area (Å²) in [5, 5.41) is 9.35. The molecular formula is C32H45NO4. The van der Waals surface area contributed by atoms with Crippen LogP contribution in [0.25, 0.3) is 0 Å². The smallest absolute Gasteiger partial charge is 0.303 e. The standard InChI is InChI=1S/C32H45NO4/c1-32(2,3)16-6-8-25-12-13-27(36-4)20-30(25)33-17-14-23(15-18-33)22-37-28-9-5-7-26(19-28)29(21-31(34)35)24-10-11-24/h5,7,9,12-13,19-20,23-24,29H,6,8,10-11,14-18,21-22H2,1-4H3,(H,34,35). The quantitative estimate of drug-likeness (QED) is 0.326. The molecule has 1 heterocycles. The highest BCUT2D eigenvalue weighted by molar-refractivity contribution is 5.68. The molecule has 0 radical (unpaired) electrons. The number of carbonyl (C=O) groups is 1. The summed E-state index contributed by atoms with van der Waals surface area (Å²) in [6.07, 6.45) is 8.18. The van der Waals surface area contributed by atoms with E-state index in [1.165, 1.54) is 24.1 Å². The van der Waals surface area contributed by atoms with Gasteiger partial charge in [0.25, 0.3) is 0 Å². The minimum atomic E-state index is -0.719. The highest BCUT2D eigenvalue weighted by atomic mass is 16.5. The molecule has 1 aliphatic heterocycles. The first-order valence-corrected chi connectivity index (χ1v) is 14.1. The van der Waals surface area contributed by atoms with Gasteiger partial charge in [-0.1, -0.05) is 39.0 Å². The lowest BCUT2D eigenvalue weighted by molar-refractivity contribution is -0.137. The molecule has 1 saturated carbocycles. The van der Waals surface area contributed by atoms with E-state index in [2.05, 4.69) is 56.0 Å². The number of carboxylic acids is 1. The van der Waals surface area contributed by atoms with Gasteiger partial charge in [0.2, 0.25) is 0 Å². The molecule has 1 atom stereocenters. The summed E-state index contributed by atoms with van der Waals surface area (Å²) in [4.78, 5) is 13.9. The molecule has 1 aliphatic carbocycles. The van der Waals surface area contributed by atoms with E-state index >= 15 is 0 Å². The van der Waals surface area contributed by atoms with Gasteiger partial charge in [-0.05, 0) is 97.4 Å². The van der Waals surface area contributed by atoms with Crippen LogP contribution in [0, 0.1) is 17.3 Å². The highest BCUT2D eigenvalue weighted by Crippen LogP contribution is 2.45. The zero-order chi connectivity index (χ0) is 26.4. The van der Waals surface area contributed by atoms with E-state index in [0.717, 1.165) is 62.3 Å². The van der Waals surface area contributed by atoms with Gasteiger partial charge in [-0.3, -0.25) is 4.79 Å². The number of rotatable bonds is 12. The predicted molar refractivity (Wildman–Crippen MR) is 150 cm³/mol. The number of piperidine rings is 1. The Labute approximate surface area is 223 Å². The molecule has 0 aromatic heterocycles. The van der Waals surface area contributed by atoms with Crippen LogP contribution >= 0.6 is 0 Å². The number of aliphatic carboxylic acids is 1. The summed E-state index contributed by atoms with van der Waals surface area (Å²) >= 11 is 0. The van der Waals surface area contributed by atoms with Crippen LogP contribution in [-0.2, 0) is 11.2 Å². The number of ether oxygens (including phenoxy) is 2. The van der Waals surface area contributed by atoms with Crippen molar-refractivity contribution in [2.45, 2.75) is 78.1 Å². The second-order valence-corrected chi connectivity index (χ2v) is 12.3. The maximum atomic E-state index is 11.4. The van der Waals surface area contributed by atoms with Gasteiger partial charge in [0, 0.05) is 24.8 Å². The second kappa shape index (κ2) is 12.2. The number of methoxy groups -OCH3 is 1. The maximum absolute atomic E-state index is 11.4. The molecule has 2 aromatic carbocycles. The van der Waals surface area contributed by atoms with Gasteiger partial charge in [0.15, 0.2) is 0 Å². The van der Waals surface area contributed by atoms with Crippen molar-refractivity contribution in [1.29, 1.82) is 0 Å². The van der Waals surface area contributed by atoms with Crippen LogP contribution in [0.4, 0.5) is 5.69 Å². The lowest BCUT2D eigenvalue weighted by Gasteiger charge is -2.35. The normalized spacial score (nSPS) is 17.5. The number of carboxylic acid groups (broad SMARTS) is 1. The Balaban J connectivity index is 1.32. The molecule has 2 aliphatic rings. The largest absolute Gasteiger partial charge is 0.497 e. The van der Waals surface area contributed by atoms with Gasteiger partial charge in [0.05, 0.1) is 20.1 Å². The first-order valence-electron chi connectivity index (χ1n) is 14.1. The fraction of sp³-hybridized carbons (Fsp3) is 0.594. The molecule has 2 aromatic rings. The zero-order valence-electron chi connectivity index (χ0n) is 23.2. The molecular weight excluding hydrogens is 462 g/mol. The Morgan fingerprint density at radius 3 is 2.46 bits per heavy atom. The van der Waals surface area contributed by atoms with Crippen LogP contribution in [0.3, 0.4) is 0 Å². The number of hydrogen-bond donors (Lipinski definition) is 1. The Bertz CT molecular complexity index is 1030. The second-order valence-electron chi connectivity index (χ2n) is 12.3. The molecule has 0 amide bonds. The monoisotopic (exact) mass is 507 g/mol. The third-order valence-electron chi connectivity index (χ3n) is 7.98. The van der Waals surface area contributed by atoms with Crippen molar-refractivity contribution < 1.29 is 19.4 Å². The molecule has 0 spiro atoms. The molecule has 4 rings (SSSR count). The Hall–Kier alpha value is -2.69. The van der Waals surface area contributed by atoms with Crippen molar-refractivity contribution >= 4 is 11.7 Å². The van der Waals surface area contributed by atoms with Crippen LogP contribution in [0.1, 0.15) is 82.8 Å². The SMILES string of the molecule is COc1ccc(CCCC(C)(C)C)c(N2CCC(COc3cccc(C(CC(=O)O)C4CC4)c3)CC2)c1. The first-order chi connectivity index (χ1) is 17.7. The molecule has 2 fully saturated rings. The summed E-state index contributed by atoms with van der Waals surface area (Å²) in [7, 11) is 1.74. The van der Waals surface area contributed by atoms with Crippen molar-refractivity contribution in [3.8, 4) is 11.5 Å². The first kappa shape index (κ1) is 27.3. The summed E-state index contributed by atoms with van der Waals surface area (Å²) < 4.78 is 11.8. The van der Waals surface area contributed by atoms with Crippen molar-refractivity contribution in [3.63, 3.8) is 0 Å². The van der Waals surface area contributed by atoms with Gasteiger partial charge in [0.1, 0.15) is 11.5 Å². The maximum Gasteiger partial charge on any atom is 0.303 e. The number of nitrogens with zero attached hydrogens (tertiary/aromatic N) is 1. The van der Waals surface area contributed by atoms with Crippen LogP contribution in [0.15, 0.2) is 42.5 Å². The van der Waals surface area contributed by atoms with E-state index in [4.69, 9.17) is 9.47 Å². The van der Waals surface area contributed by atoms with Gasteiger partial charge < -0.3 is 19.5 Å². The van der Waals surface area contributed by atoms with Crippen LogP contribution in [-0.4, -0.2) is 37.9 Å². The number of aryl methyl sites for hydroxylation is 1. The molecule has 5 nitrogen and oxygen atoms in total. The van der Waals surface area contributed by atoms with Crippen molar-refractivity contribution in [3.05, 3.63) is 53.6 Å². The number of hydrogen-bond acceptors (Lipinski definition) is 4. The van der Waals surface area contributed by atoms with Crippen LogP contribution in [0.2, 0.25) is 0 Å². The average Bonchev–Trinajstić information content (AvgIpc) is 3.71. The summed E-state index contributed by atoms with van der Waals surface area (Å²) in [5.74, 6) is 2.20. The minimum Gasteiger partial charge on any atom is -0.497 e. The van der Waals surface area contributed by atoms with E-state index in [9.17, 15) is 9.90 Å². The van der Waals surface area contributed by atoms with E-state index in [1.54, 1.807) is 7.11 Å². The lowest BCUT2D eigenvalue weighted by atomic mass is 9.88. The van der Waals surface area contributed by atoms with Crippen molar-refractivity contribution in [2.24, 2.45) is 17.3 Å². The fourth-order valence-electron chi connectivity index (χ4n) is 5.62. The van der Waals surface area contributed by atoms with Crippen LogP contribution < -0.4 is 14.4 Å². The average molecular weight is 508 g/mol. The van der Waals surface area contributed by atoms with Gasteiger partial charge >= 0.3 is 5.97 Å². The highest BCUT2D eigenvalue weighted by Gasteiger charge is 2.34. The fourth-order valence-corrected chi connectivity index (χ4v) is 5.62. The van der Waals surface area contributed by atoms with E-state index < -0.39 is 5.97 Å². The Morgan fingerprint density at radius 1 is 1.05 bits per heavy atom. The number of anilines is 1. The molecule has 0 bridgehead atoms. The zero-order valence-corrected chi connectivity index (χ0v) is 23.2. The molecule has 5 heteroatoms. The summed E-state index contributed by atoms with van der Waals surface area (Å²) in [6, 6.07) is 14.7. The van der Waals surface area contributed by atoms with E-state index in [-0.39, 0.29) is 12.3 Å². The third kappa shape index (κ3) is 8.15. The van der Waals surface area contributed by atoms with Gasteiger partial charge in [-0.15, -0.1) is 0 Å². The summed E-state index contributed by atoms with van der Waals surface area (Å²) in [6.45, 7) is 9.69. The molecule has 1 unspecified atom stereocenters. The molecule has 1 saturated heterocycles. The molecule has 37 heavy (non-hydrogen) atoms. The van der Waals surface area contributed by atoms with E-state index in [0.29, 0.717) is 23.9 Å². The van der Waals surface area contributed by atoms with Crippen LogP contribution in [0.5, 0.6) is 11.5 Å². The van der Waals surface area contributed by atoms with Crippen molar-refractivity contribution in [1.82, 2.24) is 0 Å². The van der Waals surface area contributed by atoms with Crippen molar-refractivity contribution in [2.75, 3.05) is 31.7 Å². The third-order valence-corrected chi connectivity index (χ3v) is 7.98. The van der Waals surface area contributed by atoms with Gasteiger partial charge in [-0.2, -0.15) is 0 Å². The molecule has 1 N–H and O–H groups in total. The number of benzene rings is 2. The minimum absolute atomic E-state index is 0.102. The van der Waals surface area contributed by atoms with E-state index in [1.807, 2.05) is 12.1 Å². The topological polar surface area (TPSA) is 59.0 Å². The summed E-state index contributed by atoms with van der Waals surface area (Å²) in [5.41, 5.74) is 4.21. The Kier molecular flexibility index (Phi) is 9.04. The van der Waals surface area contributed by atoms with Gasteiger partial charge in [-0.25, -0.2) is 0 Å². The predicted octanol–water partition coefficient (Wildman–Crippen LogP) is 7.33. The lowest BCUT2D eigenvalue weighted by Crippen LogP contribution is -2.36. The molecule has 202 valence electrons.